The molecule has 0 aromatic heterocycles. The van der Waals surface area contributed by atoms with E-state index in [-0.39, 0.29) is 5.82 Å². The Labute approximate surface area is 85.8 Å². The molecule has 78 valence electrons. The molecule has 0 aliphatic carbocycles. The second-order valence-corrected chi connectivity index (χ2v) is 3.26. The molecule has 0 fully saturated rings. The largest absolute Gasteiger partial charge is 0.452 e. The van der Waals surface area contributed by atoms with Crippen molar-refractivity contribution in [3.8, 4) is 0 Å². The molecule has 15 heavy (non-hydrogen) atoms. The number of rotatable bonds is 2. The van der Waals surface area contributed by atoms with Gasteiger partial charge in [-0.25, -0.2) is 9.18 Å². The Morgan fingerprint density at radius 2 is 2.00 bits per heavy atom. The van der Waals surface area contributed by atoms with Crippen LogP contribution in [-0.2, 0) is 9.53 Å². The van der Waals surface area contributed by atoms with Gasteiger partial charge in [0.1, 0.15) is 11.9 Å². The topological polar surface area (TPSA) is 46.5 Å². The molecule has 2 atom stereocenters. The molecule has 2 rings (SSSR count). The predicted octanol–water partition coefficient (Wildman–Crippen LogP) is 1.34. The van der Waals surface area contributed by atoms with Crippen LogP contribution < -0.4 is 0 Å². The third kappa shape index (κ3) is 2.05. The maximum Gasteiger partial charge on any atom is 0.331 e. The first kappa shape index (κ1) is 9.86. The monoisotopic (exact) mass is 208 g/mol. The van der Waals surface area contributed by atoms with Gasteiger partial charge in [0.15, 0.2) is 6.10 Å². The lowest BCUT2D eigenvalue weighted by Crippen LogP contribution is -2.18. The van der Waals surface area contributed by atoms with Crippen LogP contribution in [0.1, 0.15) is 11.7 Å². The van der Waals surface area contributed by atoms with Gasteiger partial charge in [0.05, 0.1) is 0 Å². The normalized spacial score (nSPS) is 21.5. The highest BCUT2D eigenvalue weighted by atomic mass is 19.1. The van der Waals surface area contributed by atoms with Gasteiger partial charge in [-0.3, -0.25) is 0 Å². The zero-order valence-electron chi connectivity index (χ0n) is 7.76. The zero-order chi connectivity index (χ0) is 10.8. The Morgan fingerprint density at radius 1 is 1.33 bits per heavy atom. The summed E-state index contributed by atoms with van der Waals surface area (Å²) in [6, 6.07) is 5.41. The number of esters is 1. The average Bonchev–Trinajstić information content (AvgIpc) is 2.65. The van der Waals surface area contributed by atoms with Gasteiger partial charge in [0.2, 0.25) is 0 Å². The molecule has 0 radical (unpaired) electrons. The SMILES string of the molecule is O=C1C=C[C@H]([C@@H](O)c2ccc(F)cc2)O1. The Kier molecular flexibility index (Phi) is 2.51. The van der Waals surface area contributed by atoms with Crippen molar-refractivity contribution in [3.63, 3.8) is 0 Å². The van der Waals surface area contributed by atoms with E-state index in [2.05, 4.69) is 0 Å². The Balaban J connectivity index is 2.14. The van der Waals surface area contributed by atoms with Crippen molar-refractivity contribution in [2.45, 2.75) is 12.2 Å². The van der Waals surface area contributed by atoms with E-state index in [1.807, 2.05) is 0 Å². The highest BCUT2D eigenvalue weighted by molar-refractivity contribution is 5.84. The van der Waals surface area contributed by atoms with Crippen LogP contribution in [0.5, 0.6) is 0 Å². The number of cyclic esters (lactones) is 1. The molecule has 0 bridgehead atoms. The fourth-order valence-electron chi connectivity index (χ4n) is 1.41. The smallest absolute Gasteiger partial charge is 0.331 e. The molecule has 0 spiro atoms. The first-order valence-corrected chi connectivity index (χ1v) is 4.49. The van der Waals surface area contributed by atoms with Crippen molar-refractivity contribution in [2.75, 3.05) is 0 Å². The molecular formula is C11H9FO3. The number of halogens is 1. The van der Waals surface area contributed by atoms with E-state index >= 15 is 0 Å². The molecule has 1 aliphatic rings. The molecule has 1 aromatic carbocycles. The minimum Gasteiger partial charge on any atom is -0.452 e. The lowest BCUT2D eigenvalue weighted by atomic mass is 10.0. The van der Waals surface area contributed by atoms with Gasteiger partial charge in [0, 0.05) is 6.08 Å². The fourth-order valence-corrected chi connectivity index (χ4v) is 1.41. The van der Waals surface area contributed by atoms with Crippen molar-refractivity contribution in [1.29, 1.82) is 0 Å². The highest BCUT2D eigenvalue weighted by Gasteiger charge is 2.25. The number of carbonyl (C=O) groups excluding carboxylic acids is 1. The Hall–Kier alpha value is -1.68. The molecule has 3 nitrogen and oxygen atoms in total. The van der Waals surface area contributed by atoms with Crippen LogP contribution in [-0.4, -0.2) is 17.2 Å². The summed E-state index contributed by atoms with van der Waals surface area (Å²) < 4.78 is 17.4. The molecule has 1 aromatic rings. The first-order valence-electron chi connectivity index (χ1n) is 4.49. The molecule has 0 unspecified atom stereocenters. The van der Waals surface area contributed by atoms with Crippen LogP contribution in [0.4, 0.5) is 4.39 Å². The van der Waals surface area contributed by atoms with Crippen molar-refractivity contribution < 1.29 is 19.0 Å². The van der Waals surface area contributed by atoms with Gasteiger partial charge < -0.3 is 9.84 Å². The minimum atomic E-state index is -0.951. The van der Waals surface area contributed by atoms with Gasteiger partial charge in [-0.2, -0.15) is 0 Å². The second-order valence-electron chi connectivity index (χ2n) is 3.26. The van der Waals surface area contributed by atoms with E-state index in [0.717, 1.165) is 0 Å². The summed E-state index contributed by atoms with van der Waals surface area (Å²) in [6.45, 7) is 0. The van der Waals surface area contributed by atoms with Crippen molar-refractivity contribution in [1.82, 2.24) is 0 Å². The van der Waals surface area contributed by atoms with E-state index in [1.165, 1.54) is 36.4 Å². The lowest BCUT2D eigenvalue weighted by molar-refractivity contribution is -0.142. The number of ether oxygens (including phenoxy) is 1. The van der Waals surface area contributed by atoms with Crippen LogP contribution in [0.2, 0.25) is 0 Å². The number of carbonyl (C=O) groups is 1. The number of hydrogen-bond acceptors (Lipinski definition) is 3. The van der Waals surface area contributed by atoms with Crippen LogP contribution in [0.3, 0.4) is 0 Å². The van der Waals surface area contributed by atoms with Gasteiger partial charge in [-0.05, 0) is 23.8 Å². The molecular weight excluding hydrogens is 199 g/mol. The maximum absolute atomic E-state index is 12.6. The number of benzene rings is 1. The van der Waals surface area contributed by atoms with Crippen molar-refractivity contribution in [2.24, 2.45) is 0 Å². The highest BCUT2D eigenvalue weighted by Crippen LogP contribution is 2.23. The lowest BCUT2D eigenvalue weighted by Gasteiger charge is -2.16. The standard InChI is InChI=1S/C11H9FO3/c12-8-3-1-7(2-4-8)11(14)9-5-6-10(13)15-9/h1-6,9,11,14H/t9-,11+/m1/s1. The van der Waals surface area contributed by atoms with E-state index < -0.39 is 18.2 Å². The quantitative estimate of drug-likeness (QED) is 0.746. The minimum absolute atomic E-state index is 0.370. The van der Waals surface area contributed by atoms with Gasteiger partial charge >= 0.3 is 5.97 Å². The molecule has 1 heterocycles. The summed E-state index contributed by atoms with van der Waals surface area (Å²) in [6.07, 6.45) is 1.12. The summed E-state index contributed by atoms with van der Waals surface area (Å²) in [7, 11) is 0. The van der Waals surface area contributed by atoms with Crippen LogP contribution in [0.25, 0.3) is 0 Å². The van der Waals surface area contributed by atoms with Crippen LogP contribution in [0, 0.1) is 5.82 Å². The van der Waals surface area contributed by atoms with Crippen LogP contribution in [0.15, 0.2) is 36.4 Å². The molecule has 4 heteroatoms. The average molecular weight is 208 g/mol. The van der Waals surface area contributed by atoms with E-state index in [0.29, 0.717) is 5.56 Å². The first-order chi connectivity index (χ1) is 7.16. The summed E-state index contributed by atoms with van der Waals surface area (Å²) >= 11 is 0. The van der Waals surface area contributed by atoms with E-state index in [9.17, 15) is 14.3 Å². The number of hydrogen-bond donors (Lipinski definition) is 1. The third-order valence-corrected chi connectivity index (χ3v) is 2.20. The Morgan fingerprint density at radius 3 is 2.53 bits per heavy atom. The molecule has 0 saturated heterocycles. The second kappa shape index (κ2) is 3.82. The summed E-state index contributed by atoms with van der Waals surface area (Å²) in [4.78, 5) is 10.8. The summed E-state index contributed by atoms with van der Waals surface area (Å²) in [5.41, 5.74) is 0.515. The third-order valence-electron chi connectivity index (χ3n) is 2.20. The number of aliphatic hydroxyl groups excluding tert-OH is 1. The van der Waals surface area contributed by atoms with Gasteiger partial charge in [0.25, 0.3) is 0 Å². The Bertz CT molecular complexity index is 397. The fraction of sp³-hybridized carbons (Fsp3) is 0.182. The zero-order valence-corrected chi connectivity index (χ0v) is 7.76. The van der Waals surface area contributed by atoms with Crippen molar-refractivity contribution in [3.05, 3.63) is 47.8 Å². The molecule has 0 amide bonds. The van der Waals surface area contributed by atoms with Gasteiger partial charge in [-0.1, -0.05) is 12.1 Å². The maximum atomic E-state index is 12.6. The van der Waals surface area contributed by atoms with Crippen molar-refractivity contribution >= 4 is 5.97 Å². The van der Waals surface area contributed by atoms with Crippen LogP contribution >= 0.6 is 0 Å². The predicted molar refractivity (Wildman–Crippen MR) is 50.4 cm³/mol. The van der Waals surface area contributed by atoms with E-state index in [1.54, 1.807) is 0 Å². The molecule has 0 saturated carbocycles. The van der Waals surface area contributed by atoms with E-state index in [4.69, 9.17) is 4.74 Å². The summed E-state index contributed by atoms with van der Waals surface area (Å²) in [5, 5.41) is 9.78. The molecule has 1 aliphatic heterocycles. The number of aliphatic hydroxyl groups is 1. The summed E-state index contributed by atoms with van der Waals surface area (Å²) in [5.74, 6) is -0.842. The molecule has 1 N–H and O–H groups in total. The van der Waals surface area contributed by atoms with Gasteiger partial charge in [-0.15, -0.1) is 0 Å².